The first-order valence-corrected chi connectivity index (χ1v) is 6.15. The highest BCUT2D eigenvalue weighted by atomic mass is 79.9. The van der Waals surface area contributed by atoms with Crippen LogP contribution in [0.4, 0.5) is 0 Å². The van der Waals surface area contributed by atoms with Gasteiger partial charge in [-0.1, -0.05) is 15.9 Å². The van der Waals surface area contributed by atoms with E-state index in [9.17, 15) is 5.11 Å². The monoisotopic (exact) mass is 281 g/mol. The minimum atomic E-state index is 0.333. The summed E-state index contributed by atoms with van der Waals surface area (Å²) in [6, 6.07) is 5.44. The number of phenols is 1. The third-order valence-corrected chi connectivity index (χ3v) is 2.77. The lowest BCUT2D eigenvalue weighted by molar-refractivity contribution is 0.464. The van der Waals surface area contributed by atoms with Gasteiger partial charge in [0.25, 0.3) is 0 Å². The Kier molecular flexibility index (Phi) is 5.99. The van der Waals surface area contributed by atoms with Gasteiger partial charge in [0.2, 0.25) is 0 Å². The molecule has 86 valence electrons. The van der Waals surface area contributed by atoms with Crippen LogP contribution in [0.1, 0.15) is 24.8 Å². The third kappa shape index (κ3) is 4.69. The second kappa shape index (κ2) is 7.32. The molecule has 0 heterocycles. The van der Waals surface area contributed by atoms with Crippen LogP contribution in [0, 0.1) is 12.3 Å². The maximum absolute atomic E-state index is 9.59. The van der Waals surface area contributed by atoms with Crippen LogP contribution in [0.5, 0.6) is 5.75 Å². The molecule has 0 aliphatic carbocycles. The first-order valence-electron chi connectivity index (χ1n) is 5.35. The maximum Gasteiger partial charge on any atom is 0.120 e. The molecule has 3 heteroatoms. The second-order valence-corrected chi connectivity index (χ2v) is 4.53. The fourth-order valence-corrected chi connectivity index (χ4v) is 1.80. The van der Waals surface area contributed by atoms with Crippen molar-refractivity contribution in [2.45, 2.75) is 25.8 Å². The van der Waals surface area contributed by atoms with E-state index in [1.54, 1.807) is 6.07 Å². The van der Waals surface area contributed by atoms with Gasteiger partial charge in [0, 0.05) is 23.0 Å². The lowest BCUT2D eigenvalue weighted by Gasteiger charge is -2.06. The van der Waals surface area contributed by atoms with Crippen LogP contribution in [-0.4, -0.2) is 11.7 Å². The molecule has 0 amide bonds. The first kappa shape index (κ1) is 13.1. The number of unbranched alkanes of at least 4 members (excludes halogenated alkanes) is 2. The zero-order valence-electron chi connectivity index (χ0n) is 9.17. The van der Waals surface area contributed by atoms with Crippen LogP contribution in [0.25, 0.3) is 0 Å². The van der Waals surface area contributed by atoms with Gasteiger partial charge in [-0.2, -0.15) is 0 Å². The quantitative estimate of drug-likeness (QED) is 0.621. The summed E-state index contributed by atoms with van der Waals surface area (Å²) >= 11 is 3.38. The molecule has 2 N–H and O–H groups in total. The lowest BCUT2D eigenvalue weighted by atomic mass is 10.2. The van der Waals surface area contributed by atoms with Crippen LogP contribution in [0.15, 0.2) is 22.7 Å². The van der Waals surface area contributed by atoms with E-state index in [-0.39, 0.29) is 0 Å². The summed E-state index contributed by atoms with van der Waals surface area (Å²) in [5, 5.41) is 12.9. The van der Waals surface area contributed by atoms with E-state index in [1.807, 2.05) is 12.1 Å². The smallest absolute Gasteiger partial charge is 0.120 e. The van der Waals surface area contributed by atoms with E-state index in [0.29, 0.717) is 12.3 Å². The topological polar surface area (TPSA) is 32.3 Å². The van der Waals surface area contributed by atoms with E-state index in [4.69, 9.17) is 6.42 Å². The van der Waals surface area contributed by atoms with Gasteiger partial charge in [-0.3, -0.25) is 0 Å². The van der Waals surface area contributed by atoms with E-state index >= 15 is 0 Å². The predicted octanol–water partition coefficient (Wildman–Crippen LogP) is 3.05. The number of phenolic OH excluding ortho intramolecular Hbond substituents is 1. The number of aromatic hydroxyl groups is 1. The average Bonchev–Trinajstić information content (AvgIpc) is 2.28. The Bertz CT molecular complexity index is 371. The summed E-state index contributed by atoms with van der Waals surface area (Å²) in [5.74, 6) is 2.95. The Morgan fingerprint density at radius 2 is 2.19 bits per heavy atom. The van der Waals surface area contributed by atoms with Gasteiger partial charge in [-0.25, -0.2) is 0 Å². The van der Waals surface area contributed by atoms with Crippen LogP contribution in [0.2, 0.25) is 0 Å². The highest BCUT2D eigenvalue weighted by Crippen LogP contribution is 2.21. The molecule has 1 aromatic rings. The molecule has 1 aromatic carbocycles. The lowest BCUT2D eigenvalue weighted by Crippen LogP contribution is -2.14. The molecular formula is C13H16BrNO. The van der Waals surface area contributed by atoms with Gasteiger partial charge in [0.05, 0.1) is 0 Å². The van der Waals surface area contributed by atoms with Crippen molar-refractivity contribution in [3.8, 4) is 18.1 Å². The average molecular weight is 282 g/mol. The molecule has 0 aliphatic heterocycles. The summed E-state index contributed by atoms with van der Waals surface area (Å²) < 4.78 is 0.981. The fourth-order valence-electron chi connectivity index (χ4n) is 1.40. The van der Waals surface area contributed by atoms with Gasteiger partial charge in [0.15, 0.2) is 0 Å². The van der Waals surface area contributed by atoms with Crippen LogP contribution in [-0.2, 0) is 6.54 Å². The largest absolute Gasteiger partial charge is 0.508 e. The number of halogens is 1. The molecule has 0 aromatic heterocycles. The maximum atomic E-state index is 9.59. The van der Waals surface area contributed by atoms with Gasteiger partial charge in [0.1, 0.15) is 5.75 Å². The Hall–Kier alpha value is -0.980. The van der Waals surface area contributed by atoms with Crippen molar-refractivity contribution in [3.05, 3.63) is 28.2 Å². The molecule has 2 nitrogen and oxygen atoms in total. The van der Waals surface area contributed by atoms with Crippen molar-refractivity contribution in [2.75, 3.05) is 6.54 Å². The number of nitrogens with one attached hydrogen (secondary N) is 1. The van der Waals surface area contributed by atoms with Gasteiger partial charge < -0.3 is 10.4 Å². The summed E-state index contributed by atoms with van der Waals surface area (Å²) in [6.45, 7) is 1.61. The van der Waals surface area contributed by atoms with Crippen molar-refractivity contribution in [1.82, 2.24) is 5.32 Å². The van der Waals surface area contributed by atoms with Crippen molar-refractivity contribution in [3.63, 3.8) is 0 Å². The van der Waals surface area contributed by atoms with E-state index < -0.39 is 0 Å². The molecule has 0 unspecified atom stereocenters. The normalized spacial score (nSPS) is 10.0. The van der Waals surface area contributed by atoms with E-state index in [2.05, 4.69) is 27.2 Å². The van der Waals surface area contributed by atoms with Gasteiger partial charge in [-0.15, -0.1) is 12.3 Å². The number of rotatable bonds is 6. The Balaban J connectivity index is 2.27. The van der Waals surface area contributed by atoms with E-state index in [1.165, 1.54) is 0 Å². The second-order valence-electron chi connectivity index (χ2n) is 3.61. The van der Waals surface area contributed by atoms with Gasteiger partial charge in [-0.05, 0) is 37.6 Å². The minimum Gasteiger partial charge on any atom is -0.508 e. The van der Waals surface area contributed by atoms with Gasteiger partial charge >= 0.3 is 0 Å². The number of hydrogen-bond acceptors (Lipinski definition) is 2. The summed E-state index contributed by atoms with van der Waals surface area (Å²) in [6.07, 6.45) is 8.12. The third-order valence-electron chi connectivity index (χ3n) is 2.28. The highest BCUT2D eigenvalue weighted by Gasteiger charge is 2.00. The number of benzene rings is 1. The minimum absolute atomic E-state index is 0.333. The Morgan fingerprint density at radius 3 is 2.94 bits per heavy atom. The summed E-state index contributed by atoms with van der Waals surface area (Å²) in [4.78, 5) is 0. The highest BCUT2D eigenvalue weighted by molar-refractivity contribution is 9.10. The van der Waals surface area contributed by atoms with Crippen LogP contribution in [0.3, 0.4) is 0 Å². The standard InChI is InChI=1S/C13H16BrNO/c1-2-3-4-5-8-15-10-11-9-12(14)6-7-13(11)16/h1,6-7,9,15-16H,3-5,8,10H2. The molecule has 0 saturated carbocycles. The molecule has 0 bridgehead atoms. The number of hydrogen-bond donors (Lipinski definition) is 2. The molecule has 0 radical (unpaired) electrons. The SMILES string of the molecule is C#CCCCCNCc1cc(Br)ccc1O. The van der Waals surface area contributed by atoms with E-state index in [0.717, 1.165) is 35.8 Å². The zero-order chi connectivity index (χ0) is 11.8. The van der Waals surface area contributed by atoms with Crippen molar-refractivity contribution < 1.29 is 5.11 Å². The van der Waals surface area contributed by atoms with Crippen LogP contribution >= 0.6 is 15.9 Å². The molecular weight excluding hydrogens is 266 g/mol. The Labute approximate surface area is 105 Å². The summed E-state index contributed by atoms with van der Waals surface area (Å²) in [7, 11) is 0. The van der Waals surface area contributed by atoms with Crippen LogP contribution < -0.4 is 5.32 Å². The predicted molar refractivity (Wildman–Crippen MR) is 70.2 cm³/mol. The van der Waals surface area contributed by atoms with Crippen molar-refractivity contribution >= 4 is 15.9 Å². The molecule has 0 saturated heterocycles. The molecule has 0 spiro atoms. The fraction of sp³-hybridized carbons (Fsp3) is 0.385. The first-order chi connectivity index (χ1) is 7.74. The zero-order valence-corrected chi connectivity index (χ0v) is 10.8. The molecule has 0 aliphatic rings. The van der Waals surface area contributed by atoms with Crippen molar-refractivity contribution in [1.29, 1.82) is 0 Å². The molecule has 16 heavy (non-hydrogen) atoms. The molecule has 1 rings (SSSR count). The molecule has 0 fully saturated rings. The summed E-state index contributed by atoms with van der Waals surface area (Å²) in [5.41, 5.74) is 0.909. The Morgan fingerprint density at radius 1 is 1.38 bits per heavy atom. The number of terminal acetylenes is 1. The van der Waals surface area contributed by atoms with Crippen molar-refractivity contribution in [2.24, 2.45) is 0 Å². The molecule has 0 atom stereocenters.